The molecule has 0 aromatic carbocycles. The Morgan fingerprint density at radius 3 is 2.68 bits per heavy atom. The first kappa shape index (κ1) is 23.2. The number of alkyl halides is 5. The Bertz CT molecular complexity index is 831. The molecule has 0 spiro atoms. The number of nitrogens with zero attached hydrogens (tertiary/aromatic N) is 4. The van der Waals surface area contributed by atoms with Crippen molar-refractivity contribution in [3.05, 3.63) is 29.6 Å². The molecule has 0 bridgehead atoms. The predicted molar refractivity (Wildman–Crippen MR) is 108 cm³/mol. The standard InChI is InChI=1S/C19H24F5N7/c1-25-16(14-3-2-4-15(30-14)19(22,23)24)31-17(28-11-27-13-6-8-26-10-13)29-12-5-7-18(20,21)9-12/h2-4,12-13,26-27H,1,5-11H2,(H,28,29)/b31-16-. The molecular weight excluding hydrogens is 421 g/mol. The van der Waals surface area contributed by atoms with Crippen LogP contribution < -0.4 is 16.0 Å². The number of hydrogen-bond donors (Lipinski definition) is 3. The van der Waals surface area contributed by atoms with Gasteiger partial charge in [-0.3, -0.25) is 5.32 Å². The Morgan fingerprint density at radius 1 is 1.26 bits per heavy atom. The van der Waals surface area contributed by atoms with Crippen molar-refractivity contribution in [1.29, 1.82) is 0 Å². The molecule has 1 saturated heterocycles. The quantitative estimate of drug-likeness (QED) is 0.370. The van der Waals surface area contributed by atoms with Gasteiger partial charge in [-0.1, -0.05) is 6.07 Å². The predicted octanol–water partition coefficient (Wildman–Crippen LogP) is 2.59. The van der Waals surface area contributed by atoms with Crippen molar-refractivity contribution in [3.63, 3.8) is 0 Å². The molecule has 3 rings (SSSR count). The lowest BCUT2D eigenvalue weighted by Gasteiger charge is -2.15. The highest BCUT2D eigenvalue weighted by molar-refractivity contribution is 6.06. The van der Waals surface area contributed by atoms with Gasteiger partial charge in [0.05, 0.1) is 6.67 Å². The maximum atomic E-state index is 13.6. The van der Waals surface area contributed by atoms with Crippen LogP contribution in [0, 0.1) is 0 Å². The molecular formula is C19H24F5N7. The summed E-state index contributed by atoms with van der Waals surface area (Å²) in [6.07, 6.45) is -4.12. The molecule has 7 nitrogen and oxygen atoms in total. The smallest absolute Gasteiger partial charge is 0.351 e. The van der Waals surface area contributed by atoms with Crippen LogP contribution in [0.15, 0.2) is 33.2 Å². The van der Waals surface area contributed by atoms with Gasteiger partial charge in [0.15, 0.2) is 5.84 Å². The van der Waals surface area contributed by atoms with Crippen molar-refractivity contribution in [1.82, 2.24) is 20.9 Å². The van der Waals surface area contributed by atoms with E-state index >= 15 is 0 Å². The number of amidine groups is 1. The minimum atomic E-state index is -4.63. The first-order valence-corrected chi connectivity index (χ1v) is 9.89. The molecule has 0 radical (unpaired) electrons. The van der Waals surface area contributed by atoms with Gasteiger partial charge in [0.25, 0.3) is 0 Å². The van der Waals surface area contributed by atoms with Crippen molar-refractivity contribution < 1.29 is 22.0 Å². The zero-order chi connectivity index (χ0) is 22.5. The summed E-state index contributed by atoms with van der Waals surface area (Å²) >= 11 is 0. The maximum absolute atomic E-state index is 13.6. The molecule has 1 aliphatic heterocycles. The van der Waals surface area contributed by atoms with E-state index < -0.39 is 23.8 Å². The van der Waals surface area contributed by atoms with Gasteiger partial charge >= 0.3 is 6.18 Å². The highest BCUT2D eigenvalue weighted by atomic mass is 19.4. The molecule has 2 atom stereocenters. The van der Waals surface area contributed by atoms with Crippen molar-refractivity contribution in [2.24, 2.45) is 15.0 Å². The summed E-state index contributed by atoms with van der Waals surface area (Å²) in [7, 11) is 0. The molecule has 1 aliphatic carbocycles. The number of pyridine rings is 1. The van der Waals surface area contributed by atoms with Crippen molar-refractivity contribution >= 4 is 18.5 Å². The zero-order valence-electron chi connectivity index (χ0n) is 16.7. The highest BCUT2D eigenvalue weighted by Crippen LogP contribution is 2.34. The molecule has 1 saturated carbocycles. The van der Waals surface area contributed by atoms with Gasteiger partial charge in [0, 0.05) is 31.5 Å². The molecule has 1 aromatic heterocycles. The number of rotatable bonds is 5. The number of aromatic nitrogens is 1. The molecule has 0 amide bonds. The van der Waals surface area contributed by atoms with Gasteiger partial charge in [-0.05, 0) is 38.2 Å². The first-order valence-electron chi connectivity index (χ1n) is 9.89. The van der Waals surface area contributed by atoms with Crippen LogP contribution in [-0.2, 0) is 6.18 Å². The summed E-state index contributed by atoms with van der Waals surface area (Å²) in [4.78, 5) is 15.7. The third kappa shape index (κ3) is 6.76. The lowest BCUT2D eigenvalue weighted by Crippen LogP contribution is -2.36. The summed E-state index contributed by atoms with van der Waals surface area (Å²) in [5, 5.41) is 9.26. The van der Waals surface area contributed by atoms with Crippen molar-refractivity contribution in [2.75, 3.05) is 19.8 Å². The van der Waals surface area contributed by atoms with Gasteiger partial charge in [0.1, 0.15) is 11.4 Å². The Kier molecular flexibility index (Phi) is 7.31. The van der Waals surface area contributed by atoms with Gasteiger partial charge < -0.3 is 10.6 Å². The van der Waals surface area contributed by atoms with Gasteiger partial charge in [0.2, 0.25) is 11.9 Å². The average molecular weight is 445 g/mol. The average Bonchev–Trinajstić information content (AvgIpc) is 3.34. The van der Waals surface area contributed by atoms with Crippen LogP contribution >= 0.6 is 0 Å². The lowest BCUT2D eigenvalue weighted by molar-refractivity contribution is -0.141. The van der Waals surface area contributed by atoms with E-state index in [0.29, 0.717) is 0 Å². The van der Waals surface area contributed by atoms with E-state index in [9.17, 15) is 22.0 Å². The van der Waals surface area contributed by atoms with Crippen LogP contribution in [0.25, 0.3) is 0 Å². The fourth-order valence-corrected chi connectivity index (χ4v) is 3.44. The van der Waals surface area contributed by atoms with Crippen molar-refractivity contribution in [2.45, 2.75) is 49.9 Å². The summed E-state index contributed by atoms with van der Waals surface area (Å²) < 4.78 is 66.1. The second-order valence-electron chi connectivity index (χ2n) is 7.47. The maximum Gasteiger partial charge on any atom is 0.433 e. The van der Waals surface area contributed by atoms with Crippen LogP contribution in [0.5, 0.6) is 0 Å². The Morgan fingerprint density at radius 2 is 2.06 bits per heavy atom. The third-order valence-corrected chi connectivity index (χ3v) is 5.04. The minimum absolute atomic E-state index is 0.0113. The second-order valence-corrected chi connectivity index (χ2v) is 7.47. The third-order valence-electron chi connectivity index (χ3n) is 5.04. The highest BCUT2D eigenvalue weighted by Gasteiger charge is 2.39. The van der Waals surface area contributed by atoms with E-state index in [0.717, 1.165) is 25.6 Å². The van der Waals surface area contributed by atoms with Crippen LogP contribution in [0.2, 0.25) is 0 Å². The summed E-state index contributed by atoms with van der Waals surface area (Å²) in [6, 6.07) is 2.98. The number of aliphatic imine (C=N–C) groups is 3. The van der Waals surface area contributed by atoms with Gasteiger partial charge in [-0.15, -0.1) is 0 Å². The summed E-state index contributed by atoms with van der Waals surface area (Å²) in [5.74, 6) is -2.98. The van der Waals surface area contributed by atoms with E-state index in [1.807, 2.05) is 0 Å². The molecule has 2 aliphatic rings. The Balaban J connectivity index is 1.81. The number of halogens is 5. The van der Waals surface area contributed by atoms with E-state index in [-0.39, 0.29) is 49.5 Å². The van der Waals surface area contributed by atoms with Crippen LogP contribution in [0.1, 0.15) is 37.1 Å². The monoisotopic (exact) mass is 445 g/mol. The Hall–Kier alpha value is -2.47. The van der Waals surface area contributed by atoms with Crippen LogP contribution in [0.4, 0.5) is 22.0 Å². The van der Waals surface area contributed by atoms with E-state index in [4.69, 9.17) is 0 Å². The zero-order valence-corrected chi connectivity index (χ0v) is 16.7. The molecule has 1 aromatic rings. The fraction of sp³-hybridized carbons (Fsp3) is 0.579. The molecule has 31 heavy (non-hydrogen) atoms. The molecule has 12 heteroatoms. The number of guanidine groups is 1. The van der Waals surface area contributed by atoms with Crippen LogP contribution in [0.3, 0.4) is 0 Å². The van der Waals surface area contributed by atoms with Crippen LogP contribution in [-0.4, -0.2) is 61.3 Å². The van der Waals surface area contributed by atoms with E-state index in [2.05, 4.69) is 42.6 Å². The molecule has 2 fully saturated rings. The number of nitrogens with one attached hydrogen (secondary N) is 3. The SMILES string of the molecule is C=N/C(=N\C(=N/CNC1CCNC1)NC1CCC(F)(F)C1)c1cccc(C(F)(F)F)n1. The second kappa shape index (κ2) is 9.77. The molecule has 170 valence electrons. The first-order chi connectivity index (χ1) is 14.7. The molecule has 2 heterocycles. The van der Waals surface area contributed by atoms with E-state index in [1.54, 1.807) is 0 Å². The fourth-order valence-electron chi connectivity index (χ4n) is 3.44. The Labute approximate surface area is 176 Å². The summed E-state index contributed by atoms with van der Waals surface area (Å²) in [5.41, 5.74) is -1.25. The van der Waals surface area contributed by atoms with Gasteiger partial charge in [-0.2, -0.15) is 18.2 Å². The van der Waals surface area contributed by atoms with Crippen molar-refractivity contribution in [3.8, 4) is 0 Å². The van der Waals surface area contributed by atoms with E-state index in [1.165, 1.54) is 12.1 Å². The summed E-state index contributed by atoms with van der Waals surface area (Å²) in [6.45, 7) is 5.17. The largest absolute Gasteiger partial charge is 0.433 e. The number of hydrogen-bond acceptors (Lipinski definition) is 4. The topological polar surface area (TPSA) is 86.1 Å². The van der Waals surface area contributed by atoms with Gasteiger partial charge in [-0.25, -0.2) is 23.7 Å². The molecule has 2 unspecified atom stereocenters. The minimum Gasteiger partial charge on any atom is -0.351 e. The normalized spacial score (nSPS) is 24.4. The molecule has 3 N–H and O–H groups in total. The lowest BCUT2D eigenvalue weighted by atomic mass is 10.2.